The molecule has 3 rings (SSSR count). The SMILES string of the molecule is Cc1cccc(CS(=O)(=O)Nc2cnc3cc(C)nn3c2)c1. The van der Waals surface area contributed by atoms with Gasteiger partial charge < -0.3 is 0 Å². The molecule has 1 aromatic carbocycles. The number of aryl methyl sites for hydroxylation is 2. The van der Waals surface area contributed by atoms with Crippen LogP contribution >= 0.6 is 0 Å². The lowest BCUT2D eigenvalue weighted by molar-refractivity contribution is 0.600. The molecule has 0 spiro atoms. The van der Waals surface area contributed by atoms with Crippen LogP contribution in [-0.4, -0.2) is 23.0 Å². The molecule has 3 aromatic rings. The van der Waals surface area contributed by atoms with Crippen LogP contribution in [-0.2, 0) is 15.8 Å². The van der Waals surface area contributed by atoms with Gasteiger partial charge in [-0.05, 0) is 19.4 Å². The Bertz CT molecular complexity index is 932. The van der Waals surface area contributed by atoms with Gasteiger partial charge in [0.05, 0.1) is 29.5 Å². The topological polar surface area (TPSA) is 76.4 Å². The van der Waals surface area contributed by atoms with Crippen LogP contribution in [0.5, 0.6) is 0 Å². The summed E-state index contributed by atoms with van der Waals surface area (Å²) in [7, 11) is -3.50. The molecular formula is C15H16N4O2S. The van der Waals surface area contributed by atoms with Gasteiger partial charge in [0.1, 0.15) is 0 Å². The molecule has 0 amide bonds. The average Bonchev–Trinajstić information content (AvgIpc) is 2.77. The van der Waals surface area contributed by atoms with Crippen LogP contribution in [0.15, 0.2) is 42.7 Å². The minimum absolute atomic E-state index is 0.0785. The number of fused-ring (bicyclic) bond motifs is 1. The molecule has 1 N–H and O–H groups in total. The van der Waals surface area contributed by atoms with E-state index in [9.17, 15) is 8.42 Å². The first-order valence-corrected chi connectivity index (χ1v) is 8.45. The van der Waals surface area contributed by atoms with Gasteiger partial charge in [-0.1, -0.05) is 29.8 Å². The highest BCUT2D eigenvalue weighted by Gasteiger charge is 2.13. The van der Waals surface area contributed by atoms with Crippen LogP contribution < -0.4 is 4.72 Å². The molecule has 22 heavy (non-hydrogen) atoms. The van der Waals surface area contributed by atoms with E-state index in [-0.39, 0.29) is 5.75 Å². The van der Waals surface area contributed by atoms with Gasteiger partial charge in [-0.2, -0.15) is 5.10 Å². The summed E-state index contributed by atoms with van der Waals surface area (Å²) in [5.74, 6) is -0.0785. The van der Waals surface area contributed by atoms with Crippen LogP contribution in [0.1, 0.15) is 16.8 Å². The fourth-order valence-electron chi connectivity index (χ4n) is 2.28. The minimum atomic E-state index is -3.50. The minimum Gasteiger partial charge on any atom is -0.280 e. The largest absolute Gasteiger partial charge is 0.280 e. The summed E-state index contributed by atoms with van der Waals surface area (Å²) in [5, 5.41) is 4.22. The first kappa shape index (κ1) is 14.5. The van der Waals surface area contributed by atoms with Gasteiger partial charge in [0.15, 0.2) is 5.65 Å². The third kappa shape index (κ3) is 3.25. The number of nitrogens with one attached hydrogen (secondary N) is 1. The summed E-state index contributed by atoms with van der Waals surface area (Å²) >= 11 is 0. The second-order valence-electron chi connectivity index (χ2n) is 5.28. The van der Waals surface area contributed by atoms with E-state index in [1.807, 2.05) is 38.1 Å². The third-order valence-corrected chi connectivity index (χ3v) is 4.41. The quantitative estimate of drug-likeness (QED) is 0.801. The van der Waals surface area contributed by atoms with E-state index >= 15 is 0 Å². The fourth-order valence-corrected chi connectivity index (χ4v) is 3.44. The smallest absolute Gasteiger partial charge is 0.237 e. The van der Waals surface area contributed by atoms with Gasteiger partial charge in [-0.3, -0.25) is 4.72 Å². The number of hydrogen-bond acceptors (Lipinski definition) is 4. The summed E-state index contributed by atoms with van der Waals surface area (Å²) in [6, 6.07) is 9.26. The van der Waals surface area contributed by atoms with Crippen LogP contribution in [0, 0.1) is 13.8 Å². The highest BCUT2D eigenvalue weighted by Crippen LogP contribution is 2.14. The van der Waals surface area contributed by atoms with Crippen molar-refractivity contribution in [2.75, 3.05) is 4.72 Å². The standard InChI is InChI=1S/C15H16N4O2S/c1-11-4-3-5-13(6-11)10-22(20,21)18-14-8-16-15-7-12(2)17-19(15)9-14/h3-9,18H,10H2,1-2H3. The van der Waals surface area contributed by atoms with E-state index in [4.69, 9.17) is 0 Å². The number of benzene rings is 1. The van der Waals surface area contributed by atoms with Gasteiger partial charge in [-0.15, -0.1) is 0 Å². The Morgan fingerprint density at radius 2 is 2.05 bits per heavy atom. The number of nitrogens with zero attached hydrogens (tertiary/aromatic N) is 3. The molecular weight excluding hydrogens is 300 g/mol. The summed E-state index contributed by atoms with van der Waals surface area (Å²) in [6.45, 7) is 3.79. The number of rotatable bonds is 4. The number of anilines is 1. The molecule has 0 aliphatic heterocycles. The van der Waals surface area contributed by atoms with Gasteiger partial charge >= 0.3 is 0 Å². The van der Waals surface area contributed by atoms with Crippen molar-refractivity contribution in [1.82, 2.24) is 14.6 Å². The lowest BCUT2D eigenvalue weighted by Gasteiger charge is -2.08. The molecule has 2 heterocycles. The van der Waals surface area contributed by atoms with Gasteiger partial charge in [0.25, 0.3) is 0 Å². The van der Waals surface area contributed by atoms with E-state index in [0.717, 1.165) is 16.8 Å². The second kappa shape index (κ2) is 5.42. The summed E-state index contributed by atoms with van der Waals surface area (Å²) < 4.78 is 28.6. The van der Waals surface area contributed by atoms with Crippen LogP contribution in [0.25, 0.3) is 5.65 Å². The van der Waals surface area contributed by atoms with Crippen molar-refractivity contribution in [1.29, 1.82) is 0 Å². The monoisotopic (exact) mass is 316 g/mol. The Morgan fingerprint density at radius 3 is 2.82 bits per heavy atom. The predicted molar refractivity (Wildman–Crippen MR) is 85.1 cm³/mol. The molecule has 0 saturated carbocycles. The number of sulfonamides is 1. The van der Waals surface area contributed by atoms with Crippen molar-refractivity contribution in [3.8, 4) is 0 Å². The molecule has 0 atom stereocenters. The second-order valence-corrected chi connectivity index (χ2v) is 7.00. The number of hydrogen-bond donors (Lipinski definition) is 1. The molecule has 114 valence electrons. The van der Waals surface area contributed by atoms with E-state index in [1.54, 1.807) is 16.8 Å². The molecule has 0 fully saturated rings. The van der Waals surface area contributed by atoms with Crippen molar-refractivity contribution < 1.29 is 8.42 Å². The molecule has 0 bridgehead atoms. The third-order valence-electron chi connectivity index (χ3n) is 3.15. The maximum Gasteiger partial charge on any atom is 0.237 e. The van der Waals surface area contributed by atoms with Crippen molar-refractivity contribution >= 4 is 21.4 Å². The van der Waals surface area contributed by atoms with Crippen LogP contribution in [0.2, 0.25) is 0 Å². The molecule has 2 aromatic heterocycles. The summed E-state index contributed by atoms with van der Waals surface area (Å²) in [4.78, 5) is 4.18. The molecule has 0 aliphatic rings. The first-order chi connectivity index (χ1) is 10.4. The highest BCUT2D eigenvalue weighted by molar-refractivity contribution is 7.91. The maximum atomic E-state index is 12.3. The fraction of sp³-hybridized carbons (Fsp3) is 0.200. The summed E-state index contributed by atoms with van der Waals surface area (Å²) in [5.41, 5.74) is 3.67. The maximum absolute atomic E-state index is 12.3. The lowest BCUT2D eigenvalue weighted by atomic mass is 10.2. The lowest BCUT2D eigenvalue weighted by Crippen LogP contribution is -2.15. The molecule has 0 saturated heterocycles. The molecule has 6 nitrogen and oxygen atoms in total. The zero-order valence-corrected chi connectivity index (χ0v) is 13.1. The van der Waals surface area contributed by atoms with Gasteiger partial charge in [0.2, 0.25) is 10.0 Å². The van der Waals surface area contributed by atoms with E-state index < -0.39 is 10.0 Å². The average molecular weight is 316 g/mol. The van der Waals surface area contributed by atoms with Crippen molar-refractivity contribution in [2.45, 2.75) is 19.6 Å². The zero-order valence-electron chi connectivity index (χ0n) is 12.3. The molecule has 0 radical (unpaired) electrons. The van der Waals surface area contributed by atoms with Gasteiger partial charge in [0, 0.05) is 6.07 Å². The van der Waals surface area contributed by atoms with E-state index in [2.05, 4.69) is 14.8 Å². The highest BCUT2D eigenvalue weighted by atomic mass is 32.2. The molecule has 0 aliphatic carbocycles. The Morgan fingerprint density at radius 1 is 1.23 bits per heavy atom. The molecule has 7 heteroatoms. The van der Waals surface area contributed by atoms with Crippen LogP contribution in [0.3, 0.4) is 0 Å². The van der Waals surface area contributed by atoms with Gasteiger partial charge in [-0.25, -0.2) is 17.9 Å². The Balaban J connectivity index is 1.83. The zero-order chi connectivity index (χ0) is 15.7. The predicted octanol–water partition coefficient (Wildman–Crippen LogP) is 2.29. The van der Waals surface area contributed by atoms with Crippen molar-refractivity contribution in [3.63, 3.8) is 0 Å². The molecule has 0 unspecified atom stereocenters. The normalized spacial score (nSPS) is 11.7. The van der Waals surface area contributed by atoms with Crippen molar-refractivity contribution in [2.24, 2.45) is 0 Å². The number of aromatic nitrogens is 3. The Kier molecular flexibility index (Phi) is 3.58. The van der Waals surface area contributed by atoms with E-state index in [0.29, 0.717) is 11.3 Å². The van der Waals surface area contributed by atoms with E-state index in [1.165, 1.54) is 6.20 Å². The Hall–Kier alpha value is -2.41. The summed E-state index contributed by atoms with van der Waals surface area (Å²) in [6.07, 6.45) is 3.10. The van der Waals surface area contributed by atoms with Crippen LogP contribution in [0.4, 0.5) is 5.69 Å². The first-order valence-electron chi connectivity index (χ1n) is 6.79. The Labute approximate surface area is 128 Å². The van der Waals surface area contributed by atoms with Crippen molar-refractivity contribution in [3.05, 3.63) is 59.5 Å².